The lowest BCUT2D eigenvalue weighted by molar-refractivity contribution is 0.0979. The van der Waals surface area contributed by atoms with Gasteiger partial charge in [-0.2, -0.15) is 0 Å². The van der Waals surface area contributed by atoms with Crippen LogP contribution in [0.15, 0.2) is 97.2 Å². The summed E-state index contributed by atoms with van der Waals surface area (Å²) in [6.07, 6.45) is 1.75. The molecule has 0 aliphatic heterocycles. The maximum absolute atomic E-state index is 13.2. The van der Waals surface area contributed by atoms with Crippen molar-refractivity contribution in [3.63, 3.8) is 0 Å². The van der Waals surface area contributed by atoms with Crippen LogP contribution in [0, 0.1) is 0 Å². The molecule has 30 heavy (non-hydrogen) atoms. The van der Waals surface area contributed by atoms with E-state index in [1.165, 1.54) is 0 Å². The van der Waals surface area contributed by atoms with Crippen LogP contribution >= 0.6 is 0 Å². The summed E-state index contributed by atoms with van der Waals surface area (Å²) >= 11 is 0. The second kappa shape index (κ2) is 9.43. The maximum Gasteiger partial charge on any atom is 0.279 e. The van der Waals surface area contributed by atoms with Gasteiger partial charge in [0.25, 0.3) is 5.91 Å². The minimum atomic E-state index is -0.200. The summed E-state index contributed by atoms with van der Waals surface area (Å²) in [6, 6.07) is 28.7. The van der Waals surface area contributed by atoms with E-state index in [0.717, 1.165) is 16.9 Å². The highest BCUT2D eigenvalue weighted by molar-refractivity contribution is 6.04. The Bertz CT molecular complexity index is 1070. The number of carbonyl (C=O) groups excluding carboxylic acids is 1. The Hall–Kier alpha value is -4.06. The fourth-order valence-corrected chi connectivity index (χ4v) is 3.02. The topological polar surface area (TPSA) is 71.0 Å². The van der Waals surface area contributed by atoms with E-state index in [4.69, 9.17) is 0 Å². The van der Waals surface area contributed by atoms with Crippen LogP contribution in [0.5, 0.6) is 0 Å². The van der Waals surface area contributed by atoms with Crippen LogP contribution in [0.4, 0.5) is 11.5 Å². The van der Waals surface area contributed by atoms with E-state index < -0.39 is 0 Å². The Morgan fingerprint density at radius 2 is 1.53 bits per heavy atom. The number of amides is 1. The van der Waals surface area contributed by atoms with Gasteiger partial charge in [-0.1, -0.05) is 54.6 Å². The van der Waals surface area contributed by atoms with E-state index in [2.05, 4.69) is 20.5 Å². The lowest BCUT2D eigenvalue weighted by Crippen LogP contribution is -2.31. The molecule has 1 amide bonds. The van der Waals surface area contributed by atoms with Gasteiger partial charge in [0.05, 0.1) is 18.8 Å². The summed E-state index contributed by atoms with van der Waals surface area (Å²) < 4.78 is 0. The molecule has 148 valence electrons. The van der Waals surface area contributed by atoms with Crippen LogP contribution in [0.1, 0.15) is 21.7 Å². The van der Waals surface area contributed by atoms with Crippen LogP contribution in [0.3, 0.4) is 0 Å². The predicted molar refractivity (Wildman–Crippen MR) is 117 cm³/mol. The average molecular weight is 395 g/mol. The zero-order valence-electron chi connectivity index (χ0n) is 16.3. The van der Waals surface area contributed by atoms with Gasteiger partial charge in [-0.05, 0) is 42.0 Å². The first-order valence-corrected chi connectivity index (χ1v) is 9.68. The third-order valence-corrected chi connectivity index (χ3v) is 4.56. The van der Waals surface area contributed by atoms with Gasteiger partial charge in [0, 0.05) is 11.9 Å². The van der Waals surface area contributed by atoms with Gasteiger partial charge in [-0.3, -0.25) is 9.78 Å². The molecule has 0 bridgehead atoms. The second-order valence-corrected chi connectivity index (χ2v) is 6.69. The van der Waals surface area contributed by atoms with Crippen molar-refractivity contribution in [3.8, 4) is 0 Å². The third kappa shape index (κ3) is 4.86. The van der Waals surface area contributed by atoms with Gasteiger partial charge in [0.15, 0.2) is 5.69 Å². The van der Waals surface area contributed by atoms with Crippen molar-refractivity contribution in [2.24, 2.45) is 0 Å². The molecule has 6 nitrogen and oxygen atoms in total. The molecule has 2 aromatic heterocycles. The minimum absolute atomic E-state index is 0.200. The molecule has 2 aromatic carbocycles. The number of hydrogen-bond donors (Lipinski definition) is 1. The van der Waals surface area contributed by atoms with Crippen molar-refractivity contribution in [3.05, 3.63) is 114 Å². The van der Waals surface area contributed by atoms with Crippen LogP contribution in [-0.2, 0) is 13.1 Å². The van der Waals surface area contributed by atoms with Crippen LogP contribution in [-0.4, -0.2) is 21.1 Å². The number of para-hydroxylation sites is 1. The van der Waals surface area contributed by atoms with E-state index >= 15 is 0 Å². The summed E-state index contributed by atoms with van der Waals surface area (Å²) in [7, 11) is 0. The van der Waals surface area contributed by atoms with Gasteiger partial charge >= 0.3 is 0 Å². The molecular formula is C24H21N5O. The number of pyridine rings is 1. The molecule has 0 saturated carbocycles. The normalized spacial score (nSPS) is 10.4. The molecular weight excluding hydrogens is 374 g/mol. The van der Waals surface area contributed by atoms with Crippen LogP contribution in [0.25, 0.3) is 0 Å². The number of rotatable bonds is 7. The molecule has 0 aliphatic carbocycles. The van der Waals surface area contributed by atoms with E-state index in [0.29, 0.717) is 18.9 Å². The van der Waals surface area contributed by atoms with Crippen LogP contribution in [0.2, 0.25) is 0 Å². The van der Waals surface area contributed by atoms with Crippen molar-refractivity contribution >= 4 is 17.4 Å². The number of hydrogen-bond acceptors (Lipinski definition) is 5. The zero-order valence-corrected chi connectivity index (χ0v) is 16.3. The highest BCUT2D eigenvalue weighted by Crippen LogP contribution is 2.19. The van der Waals surface area contributed by atoms with E-state index in [1.807, 2.05) is 78.9 Å². The van der Waals surface area contributed by atoms with Gasteiger partial charge in [0.1, 0.15) is 5.82 Å². The van der Waals surface area contributed by atoms with E-state index in [1.54, 1.807) is 23.2 Å². The highest BCUT2D eigenvalue weighted by atomic mass is 16.2. The largest absolute Gasteiger partial charge is 0.363 e. The molecule has 0 unspecified atom stereocenters. The van der Waals surface area contributed by atoms with Gasteiger partial charge in [0.2, 0.25) is 0 Å². The first-order chi connectivity index (χ1) is 14.8. The Morgan fingerprint density at radius 1 is 0.800 bits per heavy atom. The first kappa shape index (κ1) is 19.3. The standard InChI is InChI=1S/C24H21N5O/c30-24(22-14-15-23(28-27-22)26-17-20-11-7-8-16-25-20)29(21-12-5-2-6-13-21)18-19-9-3-1-4-10-19/h1-16H,17-18H2,(H,26,28). The fourth-order valence-electron chi connectivity index (χ4n) is 3.02. The summed E-state index contributed by atoms with van der Waals surface area (Å²) in [6.45, 7) is 0.984. The van der Waals surface area contributed by atoms with Gasteiger partial charge in [-0.25, -0.2) is 0 Å². The fraction of sp³-hybridized carbons (Fsp3) is 0.0833. The lowest BCUT2D eigenvalue weighted by atomic mass is 10.2. The quantitative estimate of drug-likeness (QED) is 0.504. The smallest absolute Gasteiger partial charge is 0.279 e. The molecule has 4 rings (SSSR count). The van der Waals surface area contributed by atoms with Crippen molar-refractivity contribution < 1.29 is 4.79 Å². The third-order valence-electron chi connectivity index (χ3n) is 4.56. The second-order valence-electron chi connectivity index (χ2n) is 6.69. The van der Waals surface area contributed by atoms with Crippen molar-refractivity contribution in [1.29, 1.82) is 0 Å². The summed E-state index contributed by atoms with van der Waals surface area (Å²) in [5.41, 5.74) is 3.04. The molecule has 0 spiro atoms. The number of carbonyl (C=O) groups is 1. The molecule has 0 aliphatic rings. The van der Waals surface area contributed by atoms with E-state index in [9.17, 15) is 4.79 Å². The Balaban J connectivity index is 1.51. The van der Waals surface area contributed by atoms with Gasteiger partial charge < -0.3 is 10.2 Å². The highest BCUT2D eigenvalue weighted by Gasteiger charge is 2.20. The molecule has 0 radical (unpaired) electrons. The Morgan fingerprint density at radius 3 is 2.20 bits per heavy atom. The SMILES string of the molecule is O=C(c1ccc(NCc2ccccn2)nn1)N(Cc1ccccc1)c1ccccc1. The lowest BCUT2D eigenvalue weighted by Gasteiger charge is -2.22. The summed E-state index contributed by atoms with van der Waals surface area (Å²) in [5, 5.41) is 11.5. The number of anilines is 2. The summed E-state index contributed by atoms with van der Waals surface area (Å²) in [5.74, 6) is 0.389. The molecule has 1 N–H and O–H groups in total. The minimum Gasteiger partial charge on any atom is -0.363 e. The van der Waals surface area contributed by atoms with Crippen molar-refractivity contribution in [1.82, 2.24) is 15.2 Å². The maximum atomic E-state index is 13.2. The van der Waals surface area contributed by atoms with E-state index in [-0.39, 0.29) is 11.6 Å². The molecule has 2 heterocycles. The number of benzene rings is 2. The number of aromatic nitrogens is 3. The summed E-state index contributed by atoms with van der Waals surface area (Å²) in [4.78, 5) is 19.2. The molecule has 6 heteroatoms. The molecule has 0 atom stereocenters. The number of nitrogens with zero attached hydrogens (tertiary/aromatic N) is 4. The van der Waals surface area contributed by atoms with Gasteiger partial charge in [-0.15, -0.1) is 10.2 Å². The van der Waals surface area contributed by atoms with Crippen molar-refractivity contribution in [2.75, 3.05) is 10.2 Å². The molecule has 0 fully saturated rings. The Labute approximate surface area is 175 Å². The predicted octanol–water partition coefficient (Wildman–Crippen LogP) is 4.33. The zero-order chi connectivity index (χ0) is 20.6. The number of nitrogens with one attached hydrogen (secondary N) is 1. The van der Waals surface area contributed by atoms with Crippen LogP contribution < -0.4 is 10.2 Å². The first-order valence-electron chi connectivity index (χ1n) is 9.68. The average Bonchev–Trinajstić information content (AvgIpc) is 2.83. The van der Waals surface area contributed by atoms with Crippen molar-refractivity contribution in [2.45, 2.75) is 13.1 Å². The molecule has 4 aromatic rings. The Kier molecular flexibility index (Phi) is 6.05. The molecule has 0 saturated heterocycles. The monoisotopic (exact) mass is 395 g/mol.